The molecule has 0 aromatic rings. The summed E-state index contributed by atoms with van der Waals surface area (Å²) in [6.07, 6.45) is 7.97. The van der Waals surface area contributed by atoms with E-state index < -0.39 is 0 Å². The predicted molar refractivity (Wildman–Crippen MR) is 54.7 cm³/mol. The lowest BCUT2D eigenvalue weighted by molar-refractivity contribution is 0.495. The van der Waals surface area contributed by atoms with E-state index in [4.69, 9.17) is 0 Å². The van der Waals surface area contributed by atoms with Crippen LogP contribution in [0.15, 0.2) is 17.1 Å². The second kappa shape index (κ2) is 4.44. The molecule has 1 aliphatic rings. The third kappa shape index (κ3) is 2.47. The Morgan fingerprint density at radius 2 is 2.25 bits per heavy atom. The van der Waals surface area contributed by atoms with Gasteiger partial charge >= 0.3 is 0 Å². The summed E-state index contributed by atoms with van der Waals surface area (Å²) >= 11 is 0. The highest BCUT2D eigenvalue weighted by atomic mass is 14.8. The molecule has 0 radical (unpaired) electrons. The van der Waals surface area contributed by atoms with Crippen molar-refractivity contribution in [2.75, 3.05) is 0 Å². The Labute approximate surface area is 75.6 Å². The normalized spacial score (nSPS) is 29.8. The Kier molecular flexibility index (Phi) is 3.51. The van der Waals surface area contributed by atoms with Crippen LogP contribution in [-0.4, -0.2) is 11.8 Å². The monoisotopic (exact) mass is 165 g/mol. The summed E-state index contributed by atoms with van der Waals surface area (Å²) in [6.45, 7) is 6.69. The SMILES string of the molecule is CCCC1=NC(C)C(C)CC=C1. The van der Waals surface area contributed by atoms with Gasteiger partial charge in [0.05, 0.1) is 6.04 Å². The fourth-order valence-corrected chi connectivity index (χ4v) is 1.45. The Hall–Kier alpha value is -0.590. The van der Waals surface area contributed by atoms with Gasteiger partial charge < -0.3 is 0 Å². The molecule has 0 aliphatic carbocycles. The van der Waals surface area contributed by atoms with Gasteiger partial charge in [-0.1, -0.05) is 26.3 Å². The Morgan fingerprint density at radius 3 is 2.92 bits per heavy atom. The van der Waals surface area contributed by atoms with Crippen LogP contribution in [0.1, 0.15) is 40.0 Å². The van der Waals surface area contributed by atoms with Crippen molar-refractivity contribution in [3.05, 3.63) is 12.2 Å². The first-order chi connectivity index (χ1) is 5.74. The summed E-state index contributed by atoms with van der Waals surface area (Å²) in [5.41, 5.74) is 1.29. The van der Waals surface area contributed by atoms with Gasteiger partial charge in [-0.15, -0.1) is 0 Å². The molecule has 1 heterocycles. The van der Waals surface area contributed by atoms with Gasteiger partial charge in [0.15, 0.2) is 0 Å². The van der Waals surface area contributed by atoms with Crippen molar-refractivity contribution in [3.8, 4) is 0 Å². The highest BCUT2D eigenvalue weighted by Gasteiger charge is 2.12. The molecule has 1 heteroatoms. The average molecular weight is 165 g/mol. The third-order valence-electron chi connectivity index (χ3n) is 2.52. The smallest absolute Gasteiger partial charge is 0.0503 e. The van der Waals surface area contributed by atoms with Gasteiger partial charge in [0.2, 0.25) is 0 Å². The number of hydrogen-bond acceptors (Lipinski definition) is 1. The van der Waals surface area contributed by atoms with Gasteiger partial charge in [-0.3, -0.25) is 4.99 Å². The number of hydrogen-bond donors (Lipinski definition) is 0. The van der Waals surface area contributed by atoms with Crippen LogP contribution < -0.4 is 0 Å². The van der Waals surface area contributed by atoms with E-state index in [2.05, 4.69) is 37.9 Å². The van der Waals surface area contributed by atoms with Gasteiger partial charge in [0, 0.05) is 5.71 Å². The van der Waals surface area contributed by atoms with Crippen LogP contribution in [0, 0.1) is 5.92 Å². The maximum absolute atomic E-state index is 4.68. The van der Waals surface area contributed by atoms with E-state index >= 15 is 0 Å². The summed E-state index contributed by atoms with van der Waals surface area (Å²) in [5, 5.41) is 0. The first-order valence-electron chi connectivity index (χ1n) is 4.97. The van der Waals surface area contributed by atoms with E-state index in [9.17, 15) is 0 Å². The first kappa shape index (κ1) is 9.50. The third-order valence-corrected chi connectivity index (χ3v) is 2.52. The molecule has 0 spiro atoms. The van der Waals surface area contributed by atoms with Gasteiger partial charge in [-0.05, 0) is 31.8 Å². The van der Waals surface area contributed by atoms with Crippen LogP contribution in [-0.2, 0) is 0 Å². The molecule has 1 rings (SSSR count). The average Bonchev–Trinajstić information content (AvgIpc) is 2.16. The Balaban J connectivity index is 2.64. The maximum atomic E-state index is 4.68. The second-order valence-corrected chi connectivity index (χ2v) is 3.73. The van der Waals surface area contributed by atoms with E-state index in [1.807, 2.05) is 0 Å². The summed E-state index contributed by atoms with van der Waals surface area (Å²) < 4.78 is 0. The molecule has 0 amide bonds. The zero-order valence-corrected chi connectivity index (χ0v) is 8.38. The van der Waals surface area contributed by atoms with Gasteiger partial charge in [-0.2, -0.15) is 0 Å². The minimum atomic E-state index is 0.501. The molecule has 0 N–H and O–H groups in total. The molecule has 2 unspecified atom stereocenters. The molecule has 0 fully saturated rings. The largest absolute Gasteiger partial charge is 0.286 e. The predicted octanol–water partition coefficient (Wildman–Crippen LogP) is 3.21. The van der Waals surface area contributed by atoms with Crippen LogP contribution in [0.2, 0.25) is 0 Å². The van der Waals surface area contributed by atoms with E-state index in [1.54, 1.807) is 0 Å². The molecule has 0 bridgehead atoms. The number of rotatable bonds is 2. The molecule has 2 atom stereocenters. The van der Waals surface area contributed by atoms with Crippen LogP contribution in [0.25, 0.3) is 0 Å². The van der Waals surface area contributed by atoms with Crippen molar-refractivity contribution in [3.63, 3.8) is 0 Å². The maximum Gasteiger partial charge on any atom is 0.0503 e. The van der Waals surface area contributed by atoms with Crippen molar-refractivity contribution in [2.24, 2.45) is 10.9 Å². The van der Waals surface area contributed by atoms with Crippen LogP contribution >= 0.6 is 0 Å². The molecule has 68 valence electrons. The quantitative estimate of drug-likeness (QED) is 0.595. The van der Waals surface area contributed by atoms with Gasteiger partial charge in [0.25, 0.3) is 0 Å². The topological polar surface area (TPSA) is 12.4 Å². The fraction of sp³-hybridized carbons (Fsp3) is 0.727. The van der Waals surface area contributed by atoms with E-state index in [0.29, 0.717) is 12.0 Å². The van der Waals surface area contributed by atoms with E-state index in [0.717, 1.165) is 6.42 Å². The van der Waals surface area contributed by atoms with Crippen molar-refractivity contribution in [1.29, 1.82) is 0 Å². The molecule has 12 heavy (non-hydrogen) atoms. The zero-order chi connectivity index (χ0) is 8.97. The molecule has 0 aromatic heterocycles. The minimum Gasteiger partial charge on any atom is -0.286 e. The molecular formula is C11H19N. The lowest BCUT2D eigenvalue weighted by atomic mass is 10.0. The van der Waals surface area contributed by atoms with Gasteiger partial charge in [0.1, 0.15) is 0 Å². The summed E-state index contributed by atoms with van der Waals surface area (Å²) in [4.78, 5) is 4.68. The minimum absolute atomic E-state index is 0.501. The lowest BCUT2D eigenvalue weighted by Crippen LogP contribution is -2.10. The number of nitrogens with zero attached hydrogens (tertiary/aromatic N) is 1. The van der Waals surface area contributed by atoms with E-state index in [1.165, 1.54) is 18.6 Å². The first-order valence-corrected chi connectivity index (χ1v) is 4.97. The van der Waals surface area contributed by atoms with Gasteiger partial charge in [-0.25, -0.2) is 0 Å². The summed E-state index contributed by atoms with van der Waals surface area (Å²) in [5.74, 6) is 0.704. The molecular weight excluding hydrogens is 146 g/mol. The zero-order valence-electron chi connectivity index (χ0n) is 8.38. The molecule has 0 saturated heterocycles. The Bertz CT molecular complexity index is 191. The number of allylic oxidation sites excluding steroid dienone is 2. The Morgan fingerprint density at radius 1 is 1.50 bits per heavy atom. The van der Waals surface area contributed by atoms with Crippen molar-refractivity contribution < 1.29 is 0 Å². The molecule has 0 aromatic carbocycles. The summed E-state index contributed by atoms with van der Waals surface area (Å²) in [7, 11) is 0. The van der Waals surface area contributed by atoms with Crippen LogP contribution in [0.4, 0.5) is 0 Å². The fourth-order valence-electron chi connectivity index (χ4n) is 1.45. The van der Waals surface area contributed by atoms with Crippen molar-refractivity contribution >= 4 is 5.71 Å². The van der Waals surface area contributed by atoms with Crippen molar-refractivity contribution in [2.45, 2.75) is 46.1 Å². The highest BCUT2D eigenvalue weighted by molar-refractivity contribution is 5.95. The second-order valence-electron chi connectivity index (χ2n) is 3.73. The molecule has 1 nitrogen and oxygen atoms in total. The highest BCUT2D eigenvalue weighted by Crippen LogP contribution is 2.16. The van der Waals surface area contributed by atoms with Crippen molar-refractivity contribution in [1.82, 2.24) is 0 Å². The molecule has 0 saturated carbocycles. The van der Waals surface area contributed by atoms with Crippen LogP contribution in [0.5, 0.6) is 0 Å². The number of aliphatic imine (C=N–C) groups is 1. The standard InChI is InChI=1S/C11H19N/c1-4-6-11-8-5-7-9(2)10(3)12-11/h5,8-10H,4,6-7H2,1-3H3. The summed E-state index contributed by atoms with van der Waals surface area (Å²) in [6, 6.07) is 0.501. The molecule has 1 aliphatic heterocycles. The lowest BCUT2D eigenvalue weighted by Gasteiger charge is -2.12. The van der Waals surface area contributed by atoms with Crippen LogP contribution in [0.3, 0.4) is 0 Å². The van der Waals surface area contributed by atoms with E-state index in [-0.39, 0.29) is 0 Å².